The van der Waals surface area contributed by atoms with Gasteiger partial charge < -0.3 is 15.8 Å². The molecular formula is C15H32N4O. The highest BCUT2D eigenvalue weighted by atomic mass is 16.5. The van der Waals surface area contributed by atoms with Crippen molar-refractivity contribution in [2.24, 2.45) is 10.7 Å². The molecule has 0 aromatic carbocycles. The zero-order valence-corrected chi connectivity index (χ0v) is 13.5. The molecule has 1 fully saturated rings. The van der Waals surface area contributed by atoms with Gasteiger partial charge in [-0.05, 0) is 20.3 Å². The third-order valence-corrected chi connectivity index (χ3v) is 3.84. The second kappa shape index (κ2) is 9.19. The Hall–Kier alpha value is -0.810. The van der Waals surface area contributed by atoms with Crippen molar-refractivity contribution in [1.82, 2.24) is 10.2 Å². The summed E-state index contributed by atoms with van der Waals surface area (Å²) in [7, 11) is 0. The van der Waals surface area contributed by atoms with E-state index in [9.17, 15) is 0 Å². The number of hydrogen-bond donors (Lipinski definition) is 2. The number of unbranched alkanes of at least 4 members (excludes halogenated alkanes) is 3. The lowest BCUT2D eigenvalue weighted by atomic mass is 10.0. The van der Waals surface area contributed by atoms with Gasteiger partial charge in [-0.25, -0.2) is 0 Å². The minimum Gasteiger partial charge on any atom is -0.379 e. The SMILES string of the molecule is CCCCCCNC(N)=NCC(C)(C)N1CCOCC1. The van der Waals surface area contributed by atoms with Crippen molar-refractivity contribution in [2.75, 3.05) is 39.4 Å². The topological polar surface area (TPSA) is 62.9 Å². The summed E-state index contributed by atoms with van der Waals surface area (Å²) >= 11 is 0. The number of nitrogens with zero attached hydrogens (tertiary/aromatic N) is 2. The third kappa shape index (κ3) is 6.57. The predicted molar refractivity (Wildman–Crippen MR) is 85.1 cm³/mol. The van der Waals surface area contributed by atoms with Crippen molar-refractivity contribution >= 4 is 5.96 Å². The number of aliphatic imine (C=N–C) groups is 1. The smallest absolute Gasteiger partial charge is 0.188 e. The van der Waals surface area contributed by atoms with E-state index in [-0.39, 0.29) is 5.54 Å². The van der Waals surface area contributed by atoms with Crippen molar-refractivity contribution in [3.05, 3.63) is 0 Å². The van der Waals surface area contributed by atoms with Crippen molar-refractivity contribution in [2.45, 2.75) is 52.0 Å². The average molecular weight is 284 g/mol. The fraction of sp³-hybridized carbons (Fsp3) is 0.933. The Morgan fingerprint density at radius 1 is 1.25 bits per heavy atom. The summed E-state index contributed by atoms with van der Waals surface area (Å²) in [6, 6.07) is 0. The normalized spacial score (nSPS) is 18.2. The summed E-state index contributed by atoms with van der Waals surface area (Å²) in [5, 5.41) is 3.20. The zero-order valence-electron chi connectivity index (χ0n) is 13.5. The van der Waals surface area contributed by atoms with Crippen LogP contribution >= 0.6 is 0 Å². The van der Waals surface area contributed by atoms with Crippen LogP contribution in [0.2, 0.25) is 0 Å². The molecule has 0 atom stereocenters. The van der Waals surface area contributed by atoms with Gasteiger partial charge in [0.05, 0.1) is 19.8 Å². The van der Waals surface area contributed by atoms with Crippen molar-refractivity contribution in [3.63, 3.8) is 0 Å². The van der Waals surface area contributed by atoms with Gasteiger partial charge in [-0.15, -0.1) is 0 Å². The molecule has 0 aromatic heterocycles. The molecule has 0 saturated carbocycles. The Kier molecular flexibility index (Phi) is 7.92. The lowest BCUT2D eigenvalue weighted by Gasteiger charge is -2.39. The zero-order chi connectivity index (χ0) is 14.8. The molecule has 0 spiro atoms. The maximum Gasteiger partial charge on any atom is 0.188 e. The van der Waals surface area contributed by atoms with Gasteiger partial charge >= 0.3 is 0 Å². The van der Waals surface area contributed by atoms with Crippen LogP contribution in [-0.4, -0.2) is 55.8 Å². The highest BCUT2D eigenvalue weighted by molar-refractivity contribution is 5.77. The lowest BCUT2D eigenvalue weighted by molar-refractivity contribution is -0.00682. The van der Waals surface area contributed by atoms with Gasteiger partial charge in [0.2, 0.25) is 0 Å². The van der Waals surface area contributed by atoms with Crippen LogP contribution in [0.3, 0.4) is 0 Å². The van der Waals surface area contributed by atoms with E-state index in [1.54, 1.807) is 0 Å². The largest absolute Gasteiger partial charge is 0.379 e. The first-order valence-electron chi connectivity index (χ1n) is 7.93. The maximum absolute atomic E-state index is 5.92. The number of hydrogen-bond acceptors (Lipinski definition) is 3. The quantitative estimate of drug-likeness (QED) is 0.403. The second-order valence-corrected chi connectivity index (χ2v) is 6.10. The van der Waals surface area contributed by atoms with Crippen molar-refractivity contribution in [3.8, 4) is 0 Å². The van der Waals surface area contributed by atoms with E-state index in [1.807, 2.05) is 0 Å². The molecule has 1 aliphatic heterocycles. The van der Waals surface area contributed by atoms with Gasteiger partial charge in [0, 0.05) is 25.2 Å². The van der Waals surface area contributed by atoms with Crippen LogP contribution in [0.5, 0.6) is 0 Å². The molecule has 0 radical (unpaired) electrons. The first-order valence-corrected chi connectivity index (χ1v) is 7.93. The standard InChI is InChI=1S/C15H32N4O/c1-4-5-6-7-8-17-14(16)18-13-15(2,3)19-9-11-20-12-10-19/h4-13H2,1-3H3,(H3,16,17,18). The van der Waals surface area contributed by atoms with Gasteiger partial charge in [0.25, 0.3) is 0 Å². The van der Waals surface area contributed by atoms with Crippen LogP contribution in [0.15, 0.2) is 4.99 Å². The minimum atomic E-state index is 0.0400. The highest BCUT2D eigenvalue weighted by Crippen LogP contribution is 2.16. The molecule has 0 amide bonds. The fourth-order valence-electron chi connectivity index (χ4n) is 2.37. The summed E-state index contributed by atoms with van der Waals surface area (Å²) in [6.07, 6.45) is 4.98. The summed E-state index contributed by atoms with van der Waals surface area (Å²) in [6.45, 7) is 11.9. The van der Waals surface area contributed by atoms with Crippen LogP contribution in [0.25, 0.3) is 0 Å². The van der Waals surface area contributed by atoms with E-state index < -0.39 is 0 Å². The van der Waals surface area contributed by atoms with Crippen LogP contribution in [0, 0.1) is 0 Å². The van der Waals surface area contributed by atoms with Gasteiger partial charge in [-0.2, -0.15) is 0 Å². The number of nitrogens with two attached hydrogens (primary N) is 1. The highest BCUT2D eigenvalue weighted by Gasteiger charge is 2.27. The predicted octanol–water partition coefficient (Wildman–Crippen LogP) is 1.58. The Balaban J connectivity index is 2.25. The fourth-order valence-corrected chi connectivity index (χ4v) is 2.37. The summed E-state index contributed by atoms with van der Waals surface area (Å²) in [5.41, 5.74) is 5.96. The van der Waals surface area contributed by atoms with E-state index in [4.69, 9.17) is 10.5 Å². The van der Waals surface area contributed by atoms with Crippen LogP contribution < -0.4 is 11.1 Å². The molecule has 1 aliphatic rings. The van der Waals surface area contributed by atoms with Crippen LogP contribution in [-0.2, 0) is 4.74 Å². The number of nitrogens with one attached hydrogen (secondary N) is 1. The average Bonchev–Trinajstić information content (AvgIpc) is 2.46. The molecule has 0 aliphatic carbocycles. The maximum atomic E-state index is 5.92. The Morgan fingerprint density at radius 2 is 1.95 bits per heavy atom. The van der Waals surface area contributed by atoms with Crippen molar-refractivity contribution < 1.29 is 4.74 Å². The second-order valence-electron chi connectivity index (χ2n) is 6.10. The van der Waals surface area contributed by atoms with E-state index in [2.05, 4.69) is 36.0 Å². The summed E-state index contributed by atoms with van der Waals surface area (Å²) < 4.78 is 5.39. The van der Waals surface area contributed by atoms with Gasteiger partial charge in [-0.1, -0.05) is 26.2 Å². The summed E-state index contributed by atoms with van der Waals surface area (Å²) in [4.78, 5) is 6.91. The number of morpholine rings is 1. The first-order chi connectivity index (χ1) is 9.56. The van der Waals surface area contributed by atoms with E-state index in [0.29, 0.717) is 5.96 Å². The first kappa shape index (κ1) is 17.2. The molecule has 118 valence electrons. The lowest BCUT2D eigenvalue weighted by Crippen LogP contribution is -2.52. The summed E-state index contributed by atoms with van der Waals surface area (Å²) in [5.74, 6) is 0.572. The van der Waals surface area contributed by atoms with Crippen LogP contribution in [0.1, 0.15) is 46.5 Å². The Labute approximate surface area is 124 Å². The Morgan fingerprint density at radius 3 is 2.60 bits per heavy atom. The third-order valence-electron chi connectivity index (χ3n) is 3.84. The monoisotopic (exact) mass is 284 g/mol. The Bertz CT molecular complexity index is 286. The molecule has 1 rings (SSSR count). The number of rotatable bonds is 8. The molecule has 5 nitrogen and oxygen atoms in total. The molecular weight excluding hydrogens is 252 g/mol. The number of guanidine groups is 1. The molecule has 1 heterocycles. The number of ether oxygens (including phenoxy) is 1. The van der Waals surface area contributed by atoms with Crippen molar-refractivity contribution in [1.29, 1.82) is 0 Å². The van der Waals surface area contributed by atoms with E-state index >= 15 is 0 Å². The molecule has 0 aromatic rings. The molecule has 20 heavy (non-hydrogen) atoms. The van der Waals surface area contributed by atoms with Gasteiger partial charge in [0.15, 0.2) is 5.96 Å². The molecule has 5 heteroatoms. The van der Waals surface area contributed by atoms with Crippen LogP contribution in [0.4, 0.5) is 0 Å². The molecule has 1 saturated heterocycles. The van der Waals surface area contributed by atoms with E-state index in [1.165, 1.54) is 19.3 Å². The van der Waals surface area contributed by atoms with Gasteiger partial charge in [0.1, 0.15) is 0 Å². The molecule has 0 bridgehead atoms. The minimum absolute atomic E-state index is 0.0400. The van der Waals surface area contributed by atoms with E-state index in [0.717, 1.165) is 45.8 Å². The van der Waals surface area contributed by atoms with Gasteiger partial charge in [-0.3, -0.25) is 9.89 Å². The molecule has 0 unspecified atom stereocenters. The molecule has 3 N–H and O–H groups in total.